The first kappa shape index (κ1) is 38.6. The fraction of sp³-hybridized carbons (Fsp3) is 0.415. The molecule has 44 heavy (non-hydrogen) atoms. The molecule has 240 valence electrons. The Kier molecular flexibility index (Phi) is 17.4. The molecular formula is C41H61N3. The van der Waals surface area contributed by atoms with Crippen LogP contribution in [0.25, 0.3) is 32.9 Å². The van der Waals surface area contributed by atoms with Crippen molar-refractivity contribution in [3.05, 3.63) is 107 Å². The molecule has 3 heteroatoms. The highest BCUT2D eigenvalue weighted by atomic mass is 15.1. The van der Waals surface area contributed by atoms with Crippen molar-refractivity contribution in [1.29, 1.82) is 0 Å². The van der Waals surface area contributed by atoms with Gasteiger partial charge in [0.05, 0.1) is 0 Å². The van der Waals surface area contributed by atoms with Gasteiger partial charge in [0.15, 0.2) is 0 Å². The van der Waals surface area contributed by atoms with E-state index in [0.29, 0.717) is 5.92 Å². The SMILES string of the molecule is CC.CC.CC.CC.CC1c2ccccc2-c2ccc(CN(C)C)cc21.CN(C)Cc1ccc2c(c1)c1ccccc1n2C. The second-order valence-corrected chi connectivity index (χ2v) is 10.6. The molecule has 0 radical (unpaired) electrons. The van der Waals surface area contributed by atoms with Gasteiger partial charge in [-0.1, -0.05) is 129 Å². The first-order chi connectivity index (χ1) is 21.3. The molecule has 1 aliphatic carbocycles. The van der Waals surface area contributed by atoms with E-state index in [4.69, 9.17) is 0 Å². The van der Waals surface area contributed by atoms with Crippen molar-refractivity contribution in [2.24, 2.45) is 7.05 Å². The summed E-state index contributed by atoms with van der Waals surface area (Å²) in [6.45, 7) is 20.3. The highest BCUT2D eigenvalue weighted by Gasteiger charge is 2.24. The van der Waals surface area contributed by atoms with Crippen LogP contribution < -0.4 is 0 Å². The van der Waals surface area contributed by atoms with Gasteiger partial charge < -0.3 is 14.4 Å². The standard InChI is InChI=1S/C17H19N.C16H18N2.4C2H6/c1-12-14-6-4-5-7-15(14)16-9-8-13(10-17(12)16)11-18(2)3;1-17(2)11-12-8-9-16-14(10-12)13-6-4-5-7-15(13)18(16)3;4*1-2/h4-10,12H,11H2,1-3H3;4-10H,11H2,1-3H3;4*1-2H3. The van der Waals surface area contributed by atoms with Crippen molar-refractivity contribution < 1.29 is 0 Å². The fourth-order valence-electron chi connectivity index (χ4n) is 5.65. The average Bonchev–Trinajstić information content (AvgIpc) is 3.51. The normalized spacial score (nSPS) is 12.2. The maximum Gasteiger partial charge on any atom is 0.0488 e. The van der Waals surface area contributed by atoms with Gasteiger partial charge in [-0.25, -0.2) is 0 Å². The maximum absolute atomic E-state index is 2.38. The molecule has 5 aromatic rings. The quantitative estimate of drug-likeness (QED) is 0.205. The molecule has 0 fully saturated rings. The molecule has 0 saturated heterocycles. The van der Waals surface area contributed by atoms with E-state index in [0.717, 1.165) is 13.1 Å². The summed E-state index contributed by atoms with van der Waals surface area (Å²) < 4.78 is 2.27. The molecular weight excluding hydrogens is 534 g/mol. The molecule has 6 rings (SSSR count). The zero-order valence-corrected chi connectivity index (χ0v) is 30.4. The Bertz CT molecular complexity index is 1520. The van der Waals surface area contributed by atoms with Crippen molar-refractivity contribution in [2.45, 2.75) is 81.3 Å². The second-order valence-electron chi connectivity index (χ2n) is 10.6. The minimum absolute atomic E-state index is 0.526. The predicted molar refractivity (Wildman–Crippen MR) is 200 cm³/mol. The van der Waals surface area contributed by atoms with E-state index in [2.05, 4.69) is 141 Å². The molecule has 4 aromatic carbocycles. The lowest BCUT2D eigenvalue weighted by atomic mass is 9.98. The number of hydrogen-bond donors (Lipinski definition) is 0. The van der Waals surface area contributed by atoms with Crippen LogP contribution in [0.2, 0.25) is 0 Å². The molecule has 0 amide bonds. The van der Waals surface area contributed by atoms with E-state index in [-0.39, 0.29) is 0 Å². The molecule has 0 aliphatic heterocycles. The van der Waals surface area contributed by atoms with Crippen molar-refractivity contribution in [3.63, 3.8) is 0 Å². The molecule has 1 aliphatic rings. The lowest BCUT2D eigenvalue weighted by Gasteiger charge is -2.12. The van der Waals surface area contributed by atoms with Gasteiger partial charge in [-0.15, -0.1) is 0 Å². The van der Waals surface area contributed by atoms with Crippen LogP contribution >= 0.6 is 0 Å². The Morgan fingerprint density at radius 2 is 1.00 bits per heavy atom. The van der Waals surface area contributed by atoms with Gasteiger partial charge in [0.2, 0.25) is 0 Å². The summed E-state index contributed by atoms with van der Waals surface area (Å²) in [5, 5.41) is 2.70. The third kappa shape index (κ3) is 9.30. The number of para-hydroxylation sites is 1. The molecule has 0 N–H and O–H groups in total. The highest BCUT2D eigenvalue weighted by Crippen LogP contribution is 2.44. The molecule has 1 heterocycles. The van der Waals surface area contributed by atoms with E-state index >= 15 is 0 Å². The Morgan fingerprint density at radius 1 is 0.523 bits per heavy atom. The summed E-state index contributed by atoms with van der Waals surface area (Å²) in [7, 11) is 10.6. The highest BCUT2D eigenvalue weighted by molar-refractivity contribution is 6.08. The van der Waals surface area contributed by atoms with E-state index in [1.165, 1.54) is 55.2 Å². The van der Waals surface area contributed by atoms with Gasteiger partial charge in [0.1, 0.15) is 0 Å². The van der Waals surface area contributed by atoms with Gasteiger partial charge in [0.25, 0.3) is 0 Å². The number of rotatable bonds is 4. The second kappa shape index (κ2) is 19.8. The van der Waals surface area contributed by atoms with E-state index in [9.17, 15) is 0 Å². The van der Waals surface area contributed by atoms with Crippen LogP contribution in [0, 0.1) is 0 Å². The zero-order valence-electron chi connectivity index (χ0n) is 30.4. The predicted octanol–water partition coefficient (Wildman–Crippen LogP) is 11.4. The largest absolute Gasteiger partial charge is 0.344 e. The number of aromatic nitrogens is 1. The topological polar surface area (TPSA) is 11.4 Å². The van der Waals surface area contributed by atoms with Crippen molar-refractivity contribution in [2.75, 3.05) is 28.2 Å². The summed E-state index contributed by atoms with van der Waals surface area (Å²) in [6, 6.07) is 31.1. The summed E-state index contributed by atoms with van der Waals surface area (Å²) in [5.41, 5.74) is 11.2. The number of aryl methyl sites for hydroxylation is 1. The van der Waals surface area contributed by atoms with Gasteiger partial charge >= 0.3 is 0 Å². The van der Waals surface area contributed by atoms with Crippen LogP contribution in [0.1, 0.15) is 90.5 Å². The van der Waals surface area contributed by atoms with E-state index in [1.54, 1.807) is 0 Å². The maximum atomic E-state index is 2.38. The summed E-state index contributed by atoms with van der Waals surface area (Å²) in [4.78, 5) is 4.42. The smallest absolute Gasteiger partial charge is 0.0488 e. The molecule has 0 bridgehead atoms. The molecule has 0 spiro atoms. The third-order valence-corrected chi connectivity index (χ3v) is 7.28. The Balaban J connectivity index is 0.000000359. The average molecular weight is 596 g/mol. The van der Waals surface area contributed by atoms with Crippen LogP contribution in [0.3, 0.4) is 0 Å². The van der Waals surface area contributed by atoms with Crippen LogP contribution in [-0.2, 0) is 20.1 Å². The van der Waals surface area contributed by atoms with Crippen LogP contribution in [0.5, 0.6) is 0 Å². The Morgan fingerprint density at radius 3 is 1.61 bits per heavy atom. The fourth-order valence-corrected chi connectivity index (χ4v) is 5.65. The van der Waals surface area contributed by atoms with E-state index in [1.807, 2.05) is 55.4 Å². The van der Waals surface area contributed by atoms with Gasteiger partial charge in [0, 0.05) is 47.9 Å². The zero-order chi connectivity index (χ0) is 33.4. The van der Waals surface area contributed by atoms with Crippen molar-refractivity contribution in [3.8, 4) is 11.1 Å². The van der Waals surface area contributed by atoms with Gasteiger partial charge in [-0.05, 0) is 79.8 Å². The summed E-state index contributed by atoms with van der Waals surface area (Å²) >= 11 is 0. The van der Waals surface area contributed by atoms with Gasteiger partial charge in [-0.2, -0.15) is 0 Å². The number of fused-ring (bicyclic) bond motifs is 6. The first-order valence-corrected chi connectivity index (χ1v) is 16.8. The number of hydrogen-bond acceptors (Lipinski definition) is 2. The Labute approximate surface area is 270 Å². The minimum atomic E-state index is 0.526. The molecule has 1 unspecified atom stereocenters. The summed E-state index contributed by atoms with van der Waals surface area (Å²) in [5.74, 6) is 0.526. The van der Waals surface area contributed by atoms with Crippen molar-refractivity contribution in [1.82, 2.24) is 14.4 Å². The molecule has 1 atom stereocenters. The lowest BCUT2D eigenvalue weighted by molar-refractivity contribution is 0.402. The van der Waals surface area contributed by atoms with Gasteiger partial charge in [-0.3, -0.25) is 0 Å². The van der Waals surface area contributed by atoms with Crippen LogP contribution in [-0.4, -0.2) is 42.6 Å². The molecule has 1 aromatic heterocycles. The van der Waals surface area contributed by atoms with Crippen LogP contribution in [0.4, 0.5) is 0 Å². The number of nitrogens with zero attached hydrogens (tertiary/aromatic N) is 3. The Hall–Kier alpha value is -3.40. The summed E-state index contributed by atoms with van der Waals surface area (Å²) in [6.07, 6.45) is 0. The lowest BCUT2D eigenvalue weighted by Crippen LogP contribution is -2.10. The third-order valence-electron chi connectivity index (χ3n) is 7.28. The molecule has 0 saturated carbocycles. The monoisotopic (exact) mass is 595 g/mol. The molecule has 3 nitrogen and oxygen atoms in total. The van der Waals surface area contributed by atoms with E-state index < -0.39 is 0 Å². The number of benzene rings is 4. The first-order valence-electron chi connectivity index (χ1n) is 16.8. The van der Waals surface area contributed by atoms with Crippen molar-refractivity contribution >= 4 is 21.8 Å². The minimum Gasteiger partial charge on any atom is -0.344 e. The van der Waals surface area contributed by atoms with Crippen LogP contribution in [0.15, 0.2) is 84.9 Å².